The Hall–Kier alpha value is -2.17. The minimum absolute atomic E-state index is 0.710. The highest BCUT2D eigenvalue weighted by Crippen LogP contribution is 2.16. The van der Waals surface area contributed by atoms with E-state index < -0.39 is 0 Å². The highest BCUT2D eigenvalue weighted by atomic mass is 15.2. The summed E-state index contributed by atoms with van der Waals surface area (Å²) in [5.41, 5.74) is 1.13. The van der Waals surface area contributed by atoms with Gasteiger partial charge in [-0.1, -0.05) is 6.07 Å². The fourth-order valence-electron chi connectivity index (χ4n) is 2.05. The van der Waals surface area contributed by atoms with E-state index in [1.54, 1.807) is 6.20 Å². The average Bonchev–Trinajstić information content (AvgIpc) is 2.47. The minimum atomic E-state index is 0.710. The lowest BCUT2D eigenvalue weighted by Gasteiger charge is -2.20. The molecule has 5 nitrogen and oxygen atoms in total. The van der Waals surface area contributed by atoms with Crippen molar-refractivity contribution in [1.29, 1.82) is 0 Å². The van der Waals surface area contributed by atoms with Crippen LogP contribution in [0.15, 0.2) is 30.6 Å². The third-order valence-electron chi connectivity index (χ3n) is 3.11. The van der Waals surface area contributed by atoms with Gasteiger partial charge in [-0.05, 0) is 32.4 Å². The van der Waals surface area contributed by atoms with E-state index in [1.165, 1.54) is 0 Å². The molecular weight excluding hydrogens is 250 g/mol. The van der Waals surface area contributed by atoms with Crippen molar-refractivity contribution in [1.82, 2.24) is 15.0 Å². The molecule has 0 aliphatic rings. The predicted octanol–water partition coefficient (Wildman–Crippen LogP) is 2.64. The summed E-state index contributed by atoms with van der Waals surface area (Å²) >= 11 is 0. The summed E-state index contributed by atoms with van der Waals surface area (Å²) in [7, 11) is 0. The Morgan fingerprint density at radius 3 is 2.65 bits per heavy atom. The number of aryl methyl sites for hydroxylation is 1. The number of hydrogen-bond acceptors (Lipinski definition) is 5. The number of nitrogens with one attached hydrogen (secondary N) is 1. The lowest BCUT2D eigenvalue weighted by molar-refractivity contribution is 0.834. The van der Waals surface area contributed by atoms with Gasteiger partial charge >= 0.3 is 0 Å². The third kappa shape index (κ3) is 3.66. The van der Waals surface area contributed by atoms with Gasteiger partial charge in [-0.15, -0.1) is 0 Å². The molecule has 0 fully saturated rings. The first kappa shape index (κ1) is 14.2. The highest BCUT2D eigenvalue weighted by molar-refractivity contribution is 5.49. The maximum Gasteiger partial charge on any atom is 0.134 e. The lowest BCUT2D eigenvalue weighted by Crippen LogP contribution is -2.23. The van der Waals surface area contributed by atoms with E-state index in [2.05, 4.69) is 39.0 Å². The van der Waals surface area contributed by atoms with Gasteiger partial charge in [0.25, 0.3) is 0 Å². The monoisotopic (exact) mass is 271 g/mol. The maximum absolute atomic E-state index is 4.49. The largest absolute Gasteiger partial charge is 0.366 e. The first-order valence-electron chi connectivity index (χ1n) is 6.96. The molecule has 5 heteroatoms. The van der Waals surface area contributed by atoms with Crippen molar-refractivity contribution in [2.75, 3.05) is 23.3 Å². The summed E-state index contributed by atoms with van der Waals surface area (Å²) in [5, 5.41) is 3.33. The third-order valence-corrected chi connectivity index (χ3v) is 3.11. The van der Waals surface area contributed by atoms with E-state index in [9.17, 15) is 0 Å². The number of hydrogen-bond donors (Lipinski definition) is 1. The highest BCUT2D eigenvalue weighted by Gasteiger charge is 2.07. The van der Waals surface area contributed by atoms with Crippen LogP contribution in [-0.2, 0) is 6.54 Å². The van der Waals surface area contributed by atoms with Gasteiger partial charge in [-0.2, -0.15) is 0 Å². The van der Waals surface area contributed by atoms with Gasteiger partial charge in [0.05, 0.1) is 0 Å². The van der Waals surface area contributed by atoms with Crippen LogP contribution in [0.4, 0.5) is 11.6 Å². The molecule has 2 rings (SSSR count). The van der Waals surface area contributed by atoms with Gasteiger partial charge in [-0.3, -0.25) is 4.98 Å². The van der Waals surface area contributed by atoms with Crippen LogP contribution in [0, 0.1) is 6.92 Å². The van der Waals surface area contributed by atoms with Crippen LogP contribution < -0.4 is 10.2 Å². The van der Waals surface area contributed by atoms with Gasteiger partial charge in [0.2, 0.25) is 0 Å². The standard InChI is InChI=1S/C15H21N5/c1-4-20(5-2)15-9-14(18-12(3)19-15)17-11-13-7-6-8-16-10-13/h6-10H,4-5,11H2,1-3H3,(H,17,18,19). The molecule has 0 amide bonds. The zero-order valence-electron chi connectivity index (χ0n) is 12.3. The second-order valence-corrected chi connectivity index (χ2v) is 4.55. The maximum atomic E-state index is 4.49. The fourth-order valence-corrected chi connectivity index (χ4v) is 2.05. The Morgan fingerprint density at radius 1 is 1.20 bits per heavy atom. The van der Waals surface area contributed by atoms with E-state index in [4.69, 9.17) is 0 Å². The smallest absolute Gasteiger partial charge is 0.134 e. The van der Waals surface area contributed by atoms with Crippen LogP contribution in [0.5, 0.6) is 0 Å². The molecule has 106 valence electrons. The molecule has 0 aromatic carbocycles. The summed E-state index contributed by atoms with van der Waals surface area (Å²) in [5.74, 6) is 2.60. The Morgan fingerprint density at radius 2 is 2.00 bits per heavy atom. The van der Waals surface area contributed by atoms with E-state index in [1.807, 2.05) is 31.3 Å². The summed E-state index contributed by atoms with van der Waals surface area (Å²) in [4.78, 5) is 15.2. The van der Waals surface area contributed by atoms with Crippen molar-refractivity contribution < 1.29 is 0 Å². The molecular formula is C15H21N5. The number of nitrogens with zero attached hydrogens (tertiary/aromatic N) is 4. The van der Waals surface area contributed by atoms with Crippen LogP contribution >= 0.6 is 0 Å². The number of aromatic nitrogens is 3. The van der Waals surface area contributed by atoms with Crippen molar-refractivity contribution in [2.45, 2.75) is 27.3 Å². The SMILES string of the molecule is CCN(CC)c1cc(NCc2cccnc2)nc(C)n1. The van der Waals surface area contributed by atoms with E-state index in [0.717, 1.165) is 36.1 Å². The average molecular weight is 271 g/mol. The molecule has 2 aromatic rings. The van der Waals surface area contributed by atoms with E-state index in [0.29, 0.717) is 6.54 Å². The summed E-state index contributed by atoms with van der Waals surface area (Å²) in [6.45, 7) is 8.77. The quantitative estimate of drug-likeness (QED) is 0.875. The first-order valence-corrected chi connectivity index (χ1v) is 6.96. The topological polar surface area (TPSA) is 53.9 Å². The van der Waals surface area contributed by atoms with Gasteiger partial charge in [0.1, 0.15) is 17.5 Å². The number of pyridine rings is 1. The molecule has 0 spiro atoms. The molecule has 1 N–H and O–H groups in total. The normalized spacial score (nSPS) is 10.3. The van der Waals surface area contributed by atoms with Crippen LogP contribution in [0.2, 0.25) is 0 Å². The minimum Gasteiger partial charge on any atom is -0.366 e. The van der Waals surface area contributed by atoms with Crippen molar-refractivity contribution in [3.8, 4) is 0 Å². The molecule has 0 saturated carbocycles. The second kappa shape index (κ2) is 6.84. The molecule has 0 aliphatic heterocycles. The molecule has 20 heavy (non-hydrogen) atoms. The molecule has 0 aliphatic carbocycles. The molecule has 0 bridgehead atoms. The van der Waals surface area contributed by atoms with Crippen molar-refractivity contribution >= 4 is 11.6 Å². The summed E-state index contributed by atoms with van der Waals surface area (Å²) < 4.78 is 0. The number of rotatable bonds is 6. The Bertz CT molecular complexity index is 537. The van der Waals surface area contributed by atoms with Gasteiger partial charge in [0.15, 0.2) is 0 Å². The summed E-state index contributed by atoms with van der Waals surface area (Å²) in [6.07, 6.45) is 3.63. The Kier molecular flexibility index (Phi) is 4.87. The van der Waals surface area contributed by atoms with Crippen molar-refractivity contribution in [3.05, 3.63) is 42.0 Å². The Balaban J connectivity index is 2.12. The van der Waals surface area contributed by atoms with Crippen LogP contribution in [0.1, 0.15) is 25.2 Å². The molecule has 0 unspecified atom stereocenters. The van der Waals surface area contributed by atoms with Gasteiger partial charge in [-0.25, -0.2) is 9.97 Å². The van der Waals surface area contributed by atoms with Crippen LogP contribution in [0.3, 0.4) is 0 Å². The molecule has 2 heterocycles. The fraction of sp³-hybridized carbons (Fsp3) is 0.400. The van der Waals surface area contributed by atoms with Gasteiger partial charge in [0, 0.05) is 38.1 Å². The zero-order valence-corrected chi connectivity index (χ0v) is 12.3. The summed E-state index contributed by atoms with van der Waals surface area (Å²) in [6, 6.07) is 5.97. The van der Waals surface area contributed by atoms with Crippen LogP contribution in [0.25, 0.3) is 0 Å². The lowest BCUT2D eigenvalue weighted by atomic mass is 10.3. The second-order valence-electron chi connectivity index (χ2n) is 4.55. The van der Waals surface area contributed by atoms with Crippen LogP contribution in [-0.4, -0.2) is 28.0 Å². The van der Waals surface area contributed by atoms with Crippen molar-refractivity contribution in [2.24, 2.45) is 0 Å². The molecule has 0 saturated heterocycles. The van der Waals surface area contributed by atoms with Gasteiger partial charge < -0.3 is 10.2 Å². The molecule has 0 radical (unpaired) electrons. The van der Waals surface area contributed by atoms with E-state index in [-0.39, 0.29) is 0 Å². The first-order chi connectivity index (χ1) is 9.72. The molecule has 0 atom stereocenters. The molecule has 2 aromatic heterocycles. The number of anilines is 2. The Labute approximate surface area is 120 Å². The van der Waals surface area contributed by atoms with Crippen molar-refractivity contribution in [3.63, 3.8) is 0 Å². The van der Waals surface area contributed by atoms with E-state index >= 15 is 0 Å². The zero-order chi connectivity index (χ0) is 14.4. The predicted molar refractivity (Wildman–Crippen MR) is 81.9 cm³/mol.